The zero-order chi connectivity index (χ0) is 9.68. The molecule has 0 unspecified atom stereocenters. The first-order chi connectivity index (χ1) is 6.26. The van der Waals surface area contributed by atoms with Crippen molar-refractivity contribution in [2.75, 3.05) is 26.7 Å². The highest BCUT2D eigenvalue weighted by Gasteiger charge is 2.24. The van der Waals surface area contributed by atoms with E-state index in [1.54, 1.807) is 0 Å². The minimum absolute atomic E-state index is 0.117. The van der Waals surface area contributed by atoms with Gasteiger partial charge in [-0.25, -0.2) is 0 Å². The van der Waals surface area contributed by atoms with Crippen LogP contribution in [-0.4, -0.2) is 37.6 Å². The number of ether oxygens (including phenoxy) is 1. The van der Waals surface area contributed by atoms with E-state index in [4.69, 9.17) is 0 Å². The highest BCUT2D eigenvalue weighted by molar-refractivity contribution is 5.71. The lowest BCUT2D eigenvalue weighted by Crippen LogP contribution is -2.33. The van der Waals surface area contributed by atoms with Gasteiger partial charge in [0.05, 0.1) is 13.7 Å². The summed E-state index contributed by atoms with van der Waals surface area (Å²) in [6.07, 6.45) is 3.77. The first kappa shape index (κ1) is 10.5. The second-order valence-corrected chi connectivity index (χ2v) is 3.75. The Bertz CT molecular complexity index is 166. The minimum atomic E-state index is -0.117. The average Bonchev–Trinajstić information content (AvgIpc) is 2.88. The van der Waals surface area contributed by atoms with Gasteiger partial charge in [-0.1, -0.05) is 6.92 Å². The molecule has 0 N–H and O–H groups in total. The molecule has 76 valence electrons. The van der Waals surface area contributed by atoms with E-state index in [0.717, 1.165) is 25.4 Å². The molecule has 0 aromatic heterocycles. The summed E-state index contributed by atoms with van der Waals surface area (Å²) in [6, 6.07) is 0. The van der Waals surface area contributed by atoms with Crippen LogP contribution in [0.25, 0.3) is 0 Å². The summed E-state index contributed by atoms with van der Waals surface area (Å²) in [6.45, 7) is 4.67. The Hall–Kier alpha value is -0.570. The largest absolute Gasteiger partial charge is 0.468 e. The summed E-state index contributed by atoms with van der Waals surface area (Å²) in [5, 5.41) is 0. The van der Waals surface area contributed by atoms with Gasteiger partial charge in [-0.2, -0.15) is 0 Å². The number of hydrogen-bond donors (Lipinski definition) is 0. The molecule has 0 radical (unpaired) electrons. The lowest BCUT2D eigenvalue weighted by atomic mass is 10.3. The van der Waals surface area contributed by atoms with E-state index in [2.05, 4.69) is 16.6 Å². The van der Waals surface area contributed by atoms with E-state index in [0.29, 0.717) is 6.54 Å². The van der Waals surface area contributed by atoms with E-state index in [9.17, 15) is 4.79 Å². The monoisotopic (exact) mass is 185 g/mol. The molecule has 0 spiro atoms. The molecule has 13 heavy (non-hydrogen) atoms. The Balaban J connectivity index is 2.22. The summed E-state index contributed by atoms with van der Waals surface area (Å²) in [7, 11) is 1.45. The standard InChI is InChI=1S/C10H19NO2/c1-3-6-11(7-9-4-5-9)8-10(12)13-2/h9H,3-8H2,1-2H3. The van der Waals surface area contributed by atoms with Gasteiger partial charge in [0.2, 0.25) is 0 Å². The van der Waals surface area contributed by atoms with Crippen molar-refractivity contribution in [1.29, 1.82) is 0 Å². The second kappa shape index (κ2) is 5.22. The van der Waals surface area contributed by atoms with Crippen molar-refractivity contribution in [3.05, 3.63) is 0 Å². The molecule has 0 bridgehead atoms. The highest BCUT2D eigenvalue weighted by atomic mass is 16.5. The maximum absolute atomic E-state index is 11.0. The third kappa shape index (κ3) is 4.27. The zero-order valence-electron chi connectivity index (χ0n) is 8.58. The van der Waals surface area contributed by atoms with Crippen molar-refractivity contribution < 1.29 is 9.53 Å². The number of rotatable bonds is 6. The van der Waals surface area contributed by atoms with Crippen LogP contribution in [0, 0.1) is 5.92 Å². The van der Waals surface area contributed by atoms with Crippen LogP contribution in [0.4, 0.5) is 0 Å². The number of carbonyl (C=O) groups is 1. The lowest BCUT2D eigenvalue weighted by Gasteiger charge is -2.19. The molecule has 1 aliphatic rings. The van der Waals surface area contributed by atoms with E-state index >= 15 is 0 Å². The van der Waals surface area contributed by atoms with Crippen LogP contribution in [0.15, 0.2) is 0 Å². The molecule has 1 fully saturated rings. The fourth-order valence-corrected chi connectivity index (χ4v) is 1.46. The van der Waals surface area contributed by atoms with E-state index in [-0.39, 0.29) is 5.97 Å². The highest BCUT2D eigenvalue weighted by Crippen LogP contribution is 2.29. The Kier molecular flexibility index (Phi) is 4.22. The first-order valence-electron chi connectivity index (χ1n) is 5.05. The van der Waals surface area contributed by atoms with Gasteiger partial charge < -0.3 is 4.74 Å². The van der Waals surface area contributed by atoms with Crippen molar-refractivity contribution in [1.82, 2.24) is 4.90 Å². The van der Waals surface area contributed by atoms with E-state index in [1.165, 1.54) is 20.0 Å². The van der Waals surface area contributed by atoms with Gasteiger partial charge in [0.15, 0.2) is 0 Å². The van der Waals surface area contributed by atoms with Crippen LogP contribution < -0.4 is 0 Å². The lowest BCUT2D eigenvalue weighted by molar-refractivity contribution is -0.142. The molecule has 1 rings (SSSR count). The number of nitrogens with zero attached hydrogens (tertiary/aromatic N) is 1. The molecule has 0 atom stereocenters. The molecule has 3 heteroatoms. The van der Waals surface area contributed by atoms with Gasteiger partial charge in [0.1, 0.15) is 0 Å². The molecule has 1 aliphatic carbocycles. The minimum Gasteiger partial charge on any atom is -0.468 e. The van der Waals surface area contributed by atoms with Crippen molar-refractivity contribution >= 4 is 5.97 Å². The molecule has 0 amide bonds. The predicted molar refractivity (Wildman–Crippen MR) is 51.5 cm³/mol. The van der Waals surface area contributed by atoms with Gasteiger partial charge in [-0.05, 0) is 31.7 Å². The fourth-order valence-electron chi connectivity index (χ4n) is 1.46. The number of methoxy groups -OCH3 is 1. The van der Waals surface area contributed by atoms with Crippen LogP contribution in [0.3, 0.4) is 0 Å². The van der Waals surface area contributed by atoms with Gasteiger partial charge in [-0.3, -0.25) is 9.69 Å². The van der Waals surface area contributed by atoms with Crippen molar-refractivity contribution in [2.45, 2.75) is 26.2 Å². The predicted octanol–water partition coefficient (Wildman–Crippen LogP) is 1.28. The van der Waals surface area contributed by atoms with Crippen LogP contribution in [0.1, 0.15) is 26.2 Å². The van der Waals surface area contributed by atoms with Crippen molar-refractivity contribution in [3.63, 3.8) is 0 Å². The molecule has 1 saturated carbocycles. The molecule has 0 aromatic carbocycles. The Labute approximate surface area is 80.1 Å². The quantitative estimate of drug-likeness (QED) is 0.584. The number of carbonyl (C=O) groups excluding carboxylic acids is 1. The molecule has 0 aliphatic heterocycles. The third-order valence-electron chi connectivity index (χ3n) is 2.33. The van der Waals surface area contributed by atoms with Gasteiger partial charge >= 0.3 is 5.97 Å². The first-order valence-corrected chi connectivity index (χ1v) is 5.05. The molecule has 0 heterocycles. The summed E-state index contributed by atoms with van der Waals surface area (Å²) in [5.41, 5.74) is 0. The summed E-state index contributed by atoms with van der Waals surface area (Å²) in [4.78, 5) is 13.2. The van der Waals surface area contributed by atoms with Crippen molar-refractivity contribution in [3.8, 4) is 0 Å². The summed E-state index contributed by atoms with van der Waals surface area (Å²) >= 11 is 0. The Morgan fingerprint density at radius 1 is 1.54 bits per heavy atom. The molecular formula is C10H19NO2. The second-order valence-electron chi connectivity index (χ2n) is 3.75. The molecular weight excluding hydrogens is 166 g/mol. The van der Waals surface area contributed by atoms with E-state index < -0.39 is 0 Å². The van der Waals surface area contributed by atoms with E-state index in [1.807, 2.05) is 0 Å². The normalized spacial score (nSPS) is 16.2. The molecule has 0 saturated heterocycles. The topological polar surface area (TPSA) is 29.5 Å². The Morgan fingerprint density at radius 3 is 2.69 bits per heavy atom. The summed E-state index contributed by atoms with van der Waals surface area (Å²) < 4.78 is 4.65. The van der Waals surface area contributed by atoms with Gasteiger partial charge in [0, 0.05) is 6.54 Å². The number of esters is 1. The van der Waals surface area contributed by atoms with Crippen LogP contribution in [0.5, 0.6) is 0 Å². The zero-order valence-corrected chi connectivity index (χ0v) is 8.58. The fraction of sp³-hybridized carbons (Fsp3) is 0.900. The maximum atomic E-state index is 11.0. The van der Waals surface area contributed by atoms with Crippen molar-refractivity contribution in [2.24, 2.45) is 5.92 Å². The van der Waals surface area contributed by atoms with Crippen LogP contribution >= 0.6 is 0 Å². The Morgan fingerprint density at radius 2 is 2.23 bits per heavy atom. The summed E-state index contributed by atoms with van der Waals surface area (Å²) in [5.74, 6) is 0.727. The van der Waals surface area contributed by atoms with Gasteiger partial charge in [0.25, 0.3) is 0 Å². The third-order valence-corrected chi connectivity index (χ3v) is 2.33. The SMILES string of the molecule is CCCN(CC(=O)OC)CC1CC1. The maximum Gasteiger partial charge on any atom is 0.319 e. The average molecular weight is 185 g/mol. The van der Waals surface area contributed by atoms with Crippen LogP contribution in [0.2, 0.25) is 0 Å². The van der Waals surface area contributed by atoms with Gasteiger partial charge in [-0.15, -0.1) is 0 Å². The smallest absolute Gasteiger partial charge is 0.319 e. The van der Waals surface area contributed by atoms with Crippen LogP contribution in [-0.2, 0) is 9.53 Å². The number of hydrogen-bond acceptors (Lipinski definition) is 3. The molecule has 3 nitrogen and oxygen atoms in total. The molecule has 0 aromatic rings.